The van der Waals surface area contributed by atoms with Crippen molar-refractivity contribution in [1.29, 1.82) is 0 Å². The molecular weight excluding hydrogens is 428 g/mol. The molecule has 7 heteroatoms. The number of nitrogens with zero attached hydrogens (tertiary/aromatic N) is 1. The fourth-order valence-corrected chi connectivity index (χ4v) is 5.07. The van der Waals surface area contributed by atoms with Gasteiger partial charge in [0.15, 0.2) is 5.78 Å². The van der Waals surface area contributed by atoms with E-state index < -0.39 is 0 Å². The number of Topliss-reactive ketones (excluding diaryl/α,β-unsaturated/α-hetero) is 1. The number of aromatic nitrogens is 1. The van der Waals surface area contributed by atoms with Crippen LogP contribution in [0, 0.1) is 6.92 Å². The maximum Gasteiger partial charge on any atom is 0.233 e. The van der Waals surface area contributed by atoms with E-state index in [2.05, 4.69) is 10.5 Å². The van der Waals surface area contributed by atoms with Crippen LogP contribution in [0.15, 0.2) is 58.3 Å². The van der Waals surface area contributed by atoms with Gasteiger partial charge in [-0.05, 0) is 49.2 Å². The molecule has 0 radical (unpaired) electrons. The summed E-state index contributed by atoms with van der Waals surface area (Å²) in [5, 5.41) is 8.14. The number of fused-ring (bicyclic) bond motifs is 1. The van der Waals surface area contributed by atoms with Gasteiger partial charge >= 0.3 is 0 Å². The predicted molar refractivity (Wildman–Crippen MR) is 122 cm³/mol. The maximum absolute atomic E-state index is 13.6. The number of rotatable bonds is 4. The zero-order chi connectivity index (χ0) is 22.4. The van der Waals surface area contributed by atoms with E-state index in [4.69, 9.17) is 25.6 Å². The van der Waals surface area contributed by atoms with Gasteiger partial charge in [0.05, 0.1) is 25.5 Å². The van der Waals surface area contributed by atoms with E-state index in [1.54, 1.807) is 14.2 Å². The largest absolute Gasteiger partial charge is 0.497 e. The summed E-state index contributed by atoms with van der Waals surface area (Å²) in [6.45, 7) is 1.89. The Morgan fingerprint density at radius 3 is 2.72 bits per heavy atom. The minimum absolute atomic E-state index is 0.0515. The highest BCUT2D eigenvalue weighted by atomic mass is 35.5. The van der Waals surface area contributed by atoms with Crippen LogP contribution in [-0.2, 0) is 4.79 Å². The molecule has 0 bridgehead atoms. The average Bonchev–Trinajstić information content (AvgIpc) is 3.17. The minimum Gasteiger partial charge on any atom is -0.497 e. The number of hydrogen-bond donors (Lipinski definition) is 1. The minimum atomic E-state index is -0.271. The molecule has 0 spiro atoms. The van der Waals surface area contributed by atoms with Crippen molar-refractivity contribution in [2.24, 2.45) is 0 Å². The van der Waals surface area contributed by atoms with Gasteiger partial charge in [-0.3, -0.25) is 4.79 Å². The van der Waals surface area contributed by atoms with E-state index in [0.29, 0.717) is 23.7 Å². The fourth-order valence-electron chi connectivity index (χ4n) is 4.87. The van der Waals surface area contributed by atoms with Crippen molar-refractivity contribution in [1.82, 2.24) is 5.16 Å². The highest BCUT2D eigenvalue weighted by Crippen LogP contribution is 2.50. The van der Waals surface area contributed by atoms with Crippen molar-refractivity contribution in [2.45, 2.75) is 31.6 Å². The quantitative estimate of drug-likeness (QED) is 0.556. The first-order chi connectivity index (χ1) is 15.5. The molecule has 164 valence electrons. The topological polar surface area (TPSA) is 73.6 Å². The Labute approximate surface area is 191 Å². The molecule has 0 unspecified atom stereocenters. The van der Waals surface area contributed by atoms with Crippen LogP contribution < -0.4 is 14.8 Å². The van der Waals surface area contributed by atoms with Crippen molar-refractivity contribution in [3.63, 3.8) is 0 Å². The summed E-state index contributed by atoms with van der Waals surface area (Å²) < 4.78 is 16.6. The number of hydrogen-bond acceptors (Lipinski definition) is 6. The number of aryl methyl sites for hydroxylation is 1. The number of allylic oxidation sites excluding steroid dienone is 2. The van der Waals surface area contributed by atoms with Gasteiger partial charge < -0.3 is 19.3 Å². The molecule has 1 aliphatic carbocycles. The Morgan fingerprint density at radius 2 is 1.97 bits per heavy atom. The molecule has 32 heavy (non-hydrogen) atoms. The summed E-state index contributed by atoms with van der Waals surface area (Å²) in [5.74, 6) is 1.82. The zero-order valence-electron chi connectivity index (χ0n) is 18.1. The Kier molecular flexibility index (Phi) is 5.18. The lowest BCUT2D eigenvalue weighted by atomic mass is 9.72. The molecule has 5 rings (SSSR count). The lowest BCUT2D eigenvalue weighted by molar-refractivity contribution is -0.116. The number of benzene rings is 2. The number of methoxy groups -OCH3 is 2. The van der Waals surface area contributed by atoms with Crippen LogP contribution in [0.1, 0.15) is 47.1 Å². The van der Waals surface area contributed by atoms with Gasteiger partial charge in [-0.25, -0.2) is 0 Å². The number of ketones is 1. The molecule has 0 saturated carbocycles. The molecule has 3 aromatic rings. The van der Waals surface area contributed by atoms with Crippen LogP contribution in [0.2, 0.25) is 5.02 Å². The van der Waals surface area contributed by atoms with E-state index >= 15 is 0 Å². The van der Waals surface area contributed by atoms with E-state index in [1.165, 1.54) is 0 Å². The SMILES string of the molecule is COc1ccc(OC)c([C@H]2CC(=O)C3=C(C2)Nc2onc(C)c2[C@H]3c2cccc(Cl)c2)c1. The van der Waals surface area contributed by atoms with Gasteiger partial charge in [-0.2, -0.15) is 0 Å². The first kappa shape index (κ1) is 20.6. The monoisotopic (exact) mass is 450 g/mol. The Balaban J connectivity index is 1.62. The normalized spacial score (nSPS) is 19.8. The second-order valence-electron chi connectivity index (χ2n) is 8.15. The lowest BCUT2D eigenvalue weighted by Gasteiger charge is -2.35. The summed E-state index contributed by atoms with van der Waals surface area (Å²) in [6.07, 6.45) is 1.02. The molecule has 2 atom stereocenters. The average molecular weight is 451 g/mol. The molecular formula is C25H23ClN2O4. The lowest BCUT2D eigenvalue weighted by Crippen LogP contribution is -2.29. The summed E-state index contributed by atoms with van der Waals surface area (Å²) in [4.78, 5) is 13.6. The van der Waals surface area contributed by atoms with Crippen molar-refractivity contribution in [3.05, 3.63) is 81.1 Å². The van der Waals surface area contributed by atoms with Crippen molar-refractivity contribution in [2.75, 3.05) is 19.5 Å². The van der Waals surface area contributed by atoms with Crippen LogP contribution in [0.3, 0.4) is 0 Å². The van der Waals surface area contributed by atoms with E-state index in [1.807, 2.05) is 49.4 Å². The van der Waals surface area contributed by atoms with Crippen molar-refractivity contribution in [3.8, 4) is 11.5 Å². The van der Waals surface area contributed by atoms with Gasteiger partial charge in [0.25, 0.3) is 0 Å². The number of halogens is 1. The van der Waals surface area contributed by atoms with E-state index in [9.17, 15) is 4.79 Å². The third-order valence-electron chi connectivity index (χ3n) is 6.32. The van der Waals surface area contributed by atoms with Gasteiger partial charge in [-0.15, -0.1) is 0 Å². The number of ether oxygens (including phenoxy) is 2. The molecule has 0 fully saturated rings. The third kappa shape index (κ3) is 3.35. The van der Waals surface area contributed by atoms with Crippen LogP contribution in [0.4, 0.5) is 5.88 Å². The Bertz CT molecular complexity index is 1250. The summed E-state index contributed by atoms with van der Waals surface area (Å²) in [7, 11) is 3.27. The zero-order valence-corrected chi connectivity index (χ0v) is 18.8. The summed E-state index contributed by atoms with van der Waals surface area (Å²) >= 11 is 6.30. The van der Waals surface area contributed by atoms with E-state index in [0.717, 1.165) is 45.2 Å². The molecule has 1 N–H and O–H groups in total. The van der Waals surface area contributed by atoms with Gasteiger partial charge in [0.2, 0.25) is 5.88 Å². The summed E-state index contributed by atoms with van der Waals surface area (Å²) in [5.41, 5.74) is 5.15. The van der Waals surface area contributed by atoms with Crippen LogP contribution >= 0.6 is 11.6 Å². The molecule has 1 aromatic heterocycles. The van der Waals surface area contributed by atoms with Crippen LogP contribution in [0.5, 0.6) is 11.5 Å². The van der Waals surface area contributed by atoms with Crippen LogP contribution in [0.25, 0.3) is 0 Å². The van der Waals surface area contributed by atoms with Gasteiger partial charge in [0.1, 0.15) is 11.5 Å². The molecule has 2 heterocycles. The number of nitrogens with one attached hydrogen (secondary N) is 1. The first-order valence-electron chi connectivity index (χ1n) is 10.5. The molecule has 2 aromatic carbocycles. The second kappa shape index (κ2) is 8.02. The van der Waals surface area contributed by atoms with Crippen molar-refractivity contribution >= 4 is 23.3 Å². The molecule has 0 saturated heterocycles. The smallest absolute Gasteiger partial charge is 0.233 e. The maximum atomic E-state index is 13.6. The second-order valence-corrected chi connectivity index (χ2v) is 8.59. The van der Waals surface area contributed by atoms with Crippen molar-refractivity contribution < 1.29 is 18.8 Å². The molecule has 6 nitrogen and oxygen atoms in total. The standard InChI is InChI=1S/C25H23ClN2O4/c1-13-22-23(14-5-4-6-16(26)9-14)24-19(27-25(22)32-28-13)10-15(11-20(24)29)18-12-17(30-2)7-8-21(18)31-3/h4-9,12,15,23,27H,10-11H2,1-3H3/t15-,23-/m1/s1. The molecule has 0 amide bonds. The Morgan fingerprint density at radius 1 is 1.12 bits per heavy atom. The molecule has 2 aliphatic rings. The number of carbonyl (C=O) groups excluding carboxylic acids is 1. The van der Waals surface area contributed by atoms with Crippen LogP contribution in [-0.4, -0.2) is 25.2 Å². The van der Waals surface area contributed by atoms with E-state index in [-0.39, 0.29) is 17.6 Å². The molecule has 1 aliphatic heterocycles. The first-order valence-corrected chi connectivity index (χ1v) is 10.8. The fraction of sp³-hybridized carbons (Fsp3) is 0.280. The predicted octanol–water partition coefficient (Wildman–Crippen LogP) is 5.61. The summed E-state index contributed by atoms with van der Waals surface area (Å²) in [6, 6.07) is 13.3. The highest BCUT2D eigenvalue weighted by Gasteiger charge is 2.41. The number of anilines is 1. The number of carbonyl (C=O) groups is 1. The Hall–Kier alpha value is -3.25. The van der Waals surface area contributed by atoms with Gasteiger partial charge in [0, 0.05) is 40.1 Å². The van der Waals surface area contributed by atoms with Gasteiger partial charge in [-0.1, -0.05) is 28.9 Å². The third-order valence-corrected chi connectivity index (χ3v) is 6.55. The highest BCUT2D eigenvalue weighted by molar-refractivity contribution is 6.30.